The van der Waals surface area contributed by atoms with Gasteiger partial charge in [-0.05, 0) is 42.3 Å². The Hall–Kier alpha value is -1.81. The van der Waals surface area contributed by atoms with E-state index < -0.39 is 5.92 Å². The minimum Gasteiger partial charge on any atom is -0.293 e. The summed E-state index contributed by atoms with van der Waals surface area (Å²) in [7, 11) is 0. The van der Waals surface area contributed by atoms with Gasteiger partial charge in [0.15, 0.2) is 11.6 Å². The molecule has 1 atom stereocenters. The van der Waals surface area contributed by atoms with Crippen molar-refractivity contribution in [1.29, 1.82) is 0 Å². The van der Waals surface area contributed by atoms with Crippen LogP contribution in [0.2, 0.25) is 0 Å². The van der Waals surface area contributed by atoms with Crippen LogP contribution in [0.1, 0.15) is 26.3 Å². The van der Waals surface area contributed by atoms with Gasteiger partial charge in [0.05, 0.1) is 5.92 Å². The fourth-order valence-electron chi connectivity index (χ4n) is 2.40. The van der Waals surface area contributed by atoms with Gasteiger partial charge in [0.2, 0.25) is 0 Å². The molecular formula is C15H10BrNO2. The predicted molar refractivity (Wildman–Crippen MR) is 74.2 cm³/mol. The number of nitrogens with zero attached hydrogens (tertiary/aromatic N) is 1. The van der Waals surface area contributed by atoms with Crippen LogP contribution in [0.3, 0.4) is 0 Å². The zero-order valence-corrected chi connectivity index (χ0v) is 11.6. The minimum atomic E-state index is -0.591. The molecule has 1 aliphatic rings. The second kappa shape index (κ2) is 4.70. The standard InChI is InChI=1S/C15H10BrNO2/c16-11-1-2-12-10(7-11)8-13(15(12)19)14(18)9-3-5-17-6-4-9/h1-7,13H,8H2. The molecule has 3 nitrogen and oxygen atoms in total. The number of rotatable bonds is 2. The van der Waals surface area contributed by atoms with Crippen LogP contribution in [0.4, 0.5) is 0 Å². The summed E-state index contributed by atoms with van der Waals surface area (Å²) in [6, 6.07) is 8.81. The highest BCUT2D eigenvalue weighted by atomic mass is 79.9. The summed E-state index contributed by atoms with van der Waals surface area (Å²) >= 11 is 3.38. The first kappa shape index (κ1) is 12.2. The average molecular weight is 316 g/mol. The number of fused-ring (bicyclic) bond motifs is 1. The summed E-state index contributed by atoms with van der Waals surface area (Å²) in [4.78, 5) is 28.5. The van der Waals surface area contributed by atoms with E-state index in [2.05, 4.69) is 20.9 Å². The minimum absolute atomic E-state index is 0.0793. The van der Waals surface area contributed by atoms with Crippen LogP contribution in [0.25, 0.3) is 0 Å². The zero-order valence-electron chi connectivity index (χ0n) is 9.97. The maximum Gasteiger partial charge on any atom is 0.174 e. The SMILES string of the molecule is O=C(c1ccncc1)C1Cc2cc(Br)ccc2C1=O. The molecule has 0 radical (unpaired) electrons. The molecular weight excluding hydrogens is 306 g/mol. The van der Waals surface area contributed by atoms with Crippen molar-refractivity contribution < 1.29 is 9.59 Å². The number of pyridine rings is 1. The Balaban J connectivity index is 1.94. The predicted octanol–water partition coefficient (Wildman–Crippen LogP) is 3.08. The van der Waals surface area contributed by atoms with Crippen LogP contribution in [-0.4, -0.2) is 16.6 Å². The Labute approximate surface area is 118 Å². The van der Waals surface area contributed by atoms with Crippen LogP contribution < -0.4 is 0 Å². The molecule has 1 heterocycles. The number of hydrogen-bond acceptors (Lipinski definition) is 3. The van der Waals surface area contributed by atoms with E-state index in [0.717, 1.165) is 10.0 Å². The van der Waals surface area contributed by atoms with Crippen LogP contribution >= 0.6 is 15.9 Å². The topological polar surface area (TPSA) is 47.0 Å². The summed E-state index contributed by atoms with van der Waals surface area (Å²) in [6.07, 6.45) is 3.61. The van der Waals surface area contributed by atoms with E-state index in [1.165, 1.54) is 0 Å². The van der Waals surface area contributed by atoms with Crippen molar-refractivity contribution in [3.05, 3.63) is 63.9 Å². The molecule has 0 fully saturated rings. The van der Waals surface area contributed by atoms with Crippen molar-refractivity contribution in [2.75, 3.05) is 0 Å². The molecule has 19 heavy (non-hydrogen) atoms. The van der Waals surface area contributed by atoms with E-state index >= 15 is 0 Å². The molecule has 94 valence electrons. The Kier molecular flexibility index (Phi) is 3.03. The molecule has 3 rings (SSSR count). The normalized spacial score (nSPS) is 17.3. The second-order valence-electron chi connectivity index (χ2n) is 4.52. The monoisotopic (exact) mass is 315 g/mol. The number of ketones is 2. The Morgan fingerprint density at radius 2 is 1.95 bits per heavy atom. The lowest BCUT2D eigenvalue weighted by Gasteiger charge is -2.06. The van der Waals surface area contributed by atoms with Gasteiger partial charge in [0, 0.05) is 28.0 Å². The fourth-order valence-corrected chi connectivity index (χ4v) is 2.81. The molecule has 1 aliphatic carbocycles. The van der Waals surface area contributed by atoms with Crippen LogP contribution in [-0.2, 0) is 6.42 Å². The molecule has 0 spiro atoms. The third kappa shape index (κ3) is 2.12. The molecule has 0 saturated carbocycles. The first-order chi connectivity index (χ1) is 9.16. The molecule has 1 aromatic carbocycles. The van der Waals surface area contributed by atoms with Gasteiger partial charge >= 0.3 is 0 Å². The fraction of sp³-hybridized carbons (Fsp3) is 0.133. The van der Waals surface area contributed by atoms with Crippen molar-refractivity contribution >= 4 is 27.5 Å². The molecule has 2 aromatic rings. The van der Waals surface area contributed by atoms with Crippen molar-refractivity contribution in [2.45, 2.75) is 6.42 Å². The maximum absolute atomic E-state index is 12.4. The van der Waals surface area contributed by atoms with Crippen LogP contribution in [0, 0.1) is 5.92 Å². The van der Waals surface area contributed by atoms with Gasteiger partial charge in [-0.1, -0.05) is 15.9 Å². The van der Waals surface area contributed by atoms with Crippen molar-refractivity contribution in [3.63, 3.8) is 0 Å². The van der Waals surface area contributed by atoms with E-state index in [1.54, 1.807) is 30.6 Å². The summed E-state index contributed by atoms with van der Waals surface area (Å²) < 4.78 is 0.927. The van der Waals surface area contributed by atoms with Crippen LogP contribution in [0.15, 0.2) is 47.2 Å². The van der Waals surface area contributed by atoms with Gasteiger partial charge in [-0.25, -0.2) is 0 Å². The highest BCUT2D eigenvalue weighted by Crippen LogP contribution is 2.31. The smallest absolute Gasteiger partial charge is 0.174 e. The molecule has 0 saturated heterocycles. The number of hydrogen-bond donors (Lipinski definition) is 0. The summed E-state index contributed by atoms with van der Waals surface area (Å²) in [5.41, 5.74) is 2.14. The zero-order chi connectivity index (χ0) is 13.4. The lowest BCUT2D eigenvalue weighted by Crippen LogP contribution is -2.20. The van der Waals surface area contributed by atoms with Gasteiger partial charge in [0.1, 0.15) is 0 Å². The summed E-state index contributed by atoms with van der Waals surface area (Å²) in [6.45, 7) is 0. The van der Waals surface area contributed by atoms with Gasteiger partial charge in [-0.3, -0.25) is 14.6 Å². The summed E-state index contributed by atoms with van der Waals surface area (Å²) in [5.74, 6) is -0.796. The number of Topliss-reactive ketones (excluding diaryl/α,β-unsaturated/α-hetero) is 2. The molecule has 4 heteroatoms. The lowest BCUT2D eigenvalue weighted by atomic mass is 9.95. The Morgan fingerprint density at radius 3 is 2.68 bits per heavy atom. The number of halogens is 1. The number of carbonyl (C=O) groups is 2. The largest absolute Gasteiger partial charge is 0.293 e. The molecule has 0 N–H and O–H groups in total. The first-order valence-corrected chi connectivity index (χ1v) is 6.73. The molecule has 1 unspecified atom stereocenters. The Bertz CT molecular complexity index is 667. The molecule has 0 bridgehead atoms. The van der Waals surface area contributed by atoms with Crippen molar-refractivity contribution in [2.24, 2.45) is 5.92 Å². The highest BCUT2D eigenvalue weighted by molar-refractivity contribution is 9.10. The maximum atomic E-state index is 12.4. The van der Waals surface area contributed by atoms with Crippen LogP contribution in [0.5, 0.6) is 0 Å². The third-order valence-corrected chi connectivity index (χ3v) is 3.85. The highest BCUT2D eigenvalue weighted by Gasteiger charge is 2.36. The van der Waals surface area contributed by atoms with Crippen molar-refractivity contribution in [1.82, 2.24) is 4.98 Å². The van der Waals surface area contributed by atoms with Crippen molar-refractivity contribution in [3.8, 4) is 0 Å². The summed E-state index contributed by atoms with van der Waals surface area (Å²) in [5, 5.41) is 0. The quantitative estimate of drug-likeness (QED) is 0.632. The van der Waals surface area contributed by atoms with Gasteiger partial charge in [0.25, 0.3) is 0 Å². The van der Waals surface area contributed by atoms with Gasteiger partial charge in [-0.2, -0.15) is 0 Å². The van der Waals surface area contributed by atoms with E-state index in [0.29, 0.717) is 17.5 Å². The lowest BCUT2D eigenvalue weighted by molar-refractivity contribution is 0.0822. The second-order valence-corrected chi connectivity index (χ2v) is 5.44. The number of carbonyl (C=O) groups excluding carboxylic acids is 2. The van der Waals surface area contributed by atoms with E-state index in [4.69, 9.17) is 0 Å². The Morgan fingerprint density at radius 1 is 1.21 bits per heavy atom. The first-order valence-electron chi connectivity index (χ1n) is 5.93. The van der Waals surface area contributed by atoms with Gasteiger partial charge < -0.3 is 0 Å². The van der Waals surface area contributed by atoms with E-state index in [1.807, 2.05) is 12.1 Å². The van der Waals surface area contributed by atoms with Gasteiger partial charge in [-0.15, -0.1) is 0 Å². The number of benzene rings is 1. The number of aromatic nitrogens is 1. The molecule has 1 aromatic heterocycles. The van der Waals surface area contributed by atoms with E-state index in [9.17, 15) is 9.59 Å². The van der Waals surface area contributed by atoms with E-state index in [-0.39, 0.29) is 11.6 Å². The molecule has 0 amide bonds. The third-order valence-electron chi connectivity index (χ3n) is 3.35. The molecule has 0 aliphatic heterocycles. The average Bonchev–Trinajstić information content (AvgIpc) is 2.75.